The lowest BCUT2D eigenvalue weighted by atomic mass is 10.3. The van der Waals surface area contributed by atoms with Crippen molar-refractivity contribution >= 4 is 27.5 Å². The zero-order valence-corrected chi connectivity index (χ0v) is 10.7. The van der Waals surface area contributed by atoms with Gasteiger partial charge in [0.05, 0.1) is 13.2 Å². The first-order valence-corrected chi connectivity index (χ1v) is 6.09. The van der Waals surface area contributed by atoms with E-state index in [2.05, 4.69) is 26.2 Å². The molecule has 0 spiro atoms. The Morgan fingerprint density at radius 1 is 1.40 bits per heavy atom. The largest absolute Gasteiger partial charge is 0.379 e. The number of nitrogens with one attached hydrogen (secondary N) is 1. The summed E-state index contributed by atoms with van der Waals surface area (Å²) < 4.78 is 6.23. The van der Waals surface area contributed by atoms with Crippen molar-refractivity contribution in [2.45, 2.75) is 6.54 Å². The SMILES string of the molecule is ClCCOCCNCc1cncc(Br)c1. The zero-order chi connectivity index (χ0) is 10.9. The lowest BCUT2D eigenvalue weighted by Gasteiger charge is -2.05. The van der Waals surface area contributed by atoms with Crippen LogP contribution in [0.5, 0.6) is 0 Å². The molecule has 1 rings (SSSR count). The first-order valence-electron chi connectivity index (χ1n) is 4.77. The van der Waals surface area contributed by atoms with E-state index < -0.39 is 0 Å². The third kappa shape index (κ3) is 6.10. The summed E-state index contributed by atoms with van der Waals surface area (Å²) in [5.41, 5.74) is 1.15. The molecule has 0 radical (unpaired) electrons. The molecular weight excluding hydrogens is 279 g/mol. The Balaban J connectivity index is 2.10. The van der Waals surface area contributed by atoms with E-state index in [1.807, 2.05) is 12.3 Å². The van der Waals surface area contributed by atoms with Crippen molar-refractivity contribution < 1.29 is 4.74 Å². The predicted octanol–water partition coefficient (Wildman–Crippen LogP) is 2.19. The minimum Gasteiger partial charge on any atom is -0.379 e. The number of halogens is 2. The van der Waals surface area contributed by atoms with Crippen LogP contribution < -0.4 is 5.32 Å². The molecule has 1 aromatic rings. The Labute approximate surface area is 103 Å². The van der Waals surface area contributed by atoms with E-state index >= 15 is 0 Å². The number of aromatic nitrogens is 1. The lowest BCUT2D eigenvalue weighted by Crippen LogP contribution is -2.19. The summed E-state index contributed by atoms with van der Waals surface area (Å²) in [5.74, 6) is 0.551. The number of rotatable bonds is 7. The summed E-state index contributed by atoms with van der Waals surface area (Å²) in [6.07, 6.45) is 3.62. The molecule has 0 aliphatic rings. The van der Waals surface area contributed by atoms with Gasteiger partial charge in [0, 0.05) is 35.8 Å². The molecule has 1 N–H and O–H groups in total. The Morgan fingerprint density at radius 3 is 3.00 bits per heavy atom. The maximum absolute atomic E-state index is 5.47. The molecule has 0 amide bonds. The molecule has 5 heteroatoms. The van der Waals surface area contributed by atoms with Gasteiger partial charge in [-0.2, -0.15) is 0 Å². The van der Waals surface area contributed by atoms with Gasteiger partial charge in [-0.15, -0.1) is 11.6 Å². The summed E-state index contributed by atoms with van der Waals surface area (Å²) in [6, 6.07) is 2.04. The zero-order valence-electron chi connectivity index (χ0n) is 8.38. The summed E-state index contributed by atoms with van der Waals surface area (Å²) in [6.45, 7) is 2.93. The summed E-state index contributed by atoms with van der Waals surface area (Å²) in [7, 11) is 0. The molecule has 0 saturated heterocycles. The highest BCUT2D eigenvalue weighted by molar-refractivity contribution is 9.10. The van der Waals surface area contributed by atoms with Crippen LogP contribution in [0.1, 0.15) is 5.56 Å². The van der Waals surface area contributed by atoms with E-state index in [9.17, 15) is 0 Å². The second-order valence-electron chi connectivity index (χ2n) is 2.99. The van der Waals surface area contributed by atoms with Gasteiger partial charge >= 0.3 is 0 Å². The highest BCUT2D eigenvalue weighted by atomic mass is 79.9. The van der Waals surface area contributed by atoms with Crippen molar-refractivity contribution in [3.05, 3.63) is 28.5 Å². The van der Waals surface area contributed by atoms with Gasteiger partial charge in [0.15, 0.2) is 0 Å². The molecule has 0 aromatic carbocycles. The van der Waals surface area contributed by atoms with E-state index in [0.29, 0.717) is 19.1 Å². The fraction of sp³-hybridized carbons (Fsp3) is 0.500. The van der Waals surface area contributed by atoms with Crippen molar-refractivity contribution in [3.8, 4) is 0 Å². The maximum Gasteiger partial charge on any atom is 0.0602 e. The molecule has 0 aliphatic heterocycles. The van der Waals surface area contributed by atoms with Crippen LogP contribution in [0.2, 0.25) is 0 Å². The van der Waals surface area contributed by atoms with Gasteiger partial charge in [0.2, 0.25) is 0 Å². The molecule has 0 saturated carbocycles. The number of hydrogen-bond acceptors (Lipinski definition) is 3. The number of pyridine rings is 1. The highest BCUT2D eigenvalue weighted by Gasteiger charge is 1.94. The van der Waals surface area contributed by atoms with E-state index in [1.54, 1.807) is 6.20 Å². The first-order chi connectivity index (χ1) is 7.33. The van der Waals surface area contributed by atoms with Crippen molar-refractivity contribution in [1.82, 2.24) is 10.3 Å². The smallest absolute Gasteiger partial charge is 0.0602 e. The molecule has 0 atom stereocenters. The highest BCUT2D eigenvalue weighted by Crippen LogP contribution is 2.08. The fourth-order valence-electron chi connectivity index (χ4n) is 1.09. The van der Waals surface area contributed by atoms with Crippen LogP contribution in [-0.4, -0.2) is 30.6 Å². The normalized spacial score (nSPS) is 10.5. The third-order valence-electron chi connectivity index (χ3n) is 1.74. The molecular formula is C10H14BrClN2O. The second kappa shape index (κ2) is 8.05. The van der Waals surface area contributed by atoms with Gasteiger partial charge in [0.25, 0.3) is 0 Å². The van der Waals surface area contributed by atoms with Crippen molar-refractivity contribution in [1.29, 1.82) is 0 Å². The topological polar surface area (TPSA) is 34.1 Å². The Morgan fingerprint density at radius 2 is 2.27 bits per heavy atom. The first kappa shape index (κ1) is 12.9. The predicted molar refractivity (Wildman–Crippen MR) is 65.2 cm³/mol. The van der Waals surface area contributed by atoms with Crippen molar-refractivity contribution in [2.75, 3.05) is 25.6 Å². The van der Waals surface area contributed by atoms with Gasteiger partial charge in [-0.05, 0) is 27.6 Å². The van der Waals surface area contributed by atoms with Crippen LogP contribution in [0.4, 0.5) is 0 Å². The molecule has 1 aromatic heterocycles. The van der Waals surface area contributed by atoms with Gasteiger partial charge in [-0.1, -0.05) is 0 Å². The third-order valence-corrected chi connectivity index (χ3v) is 2.32. The average Bonchev–Trinajstić information content (AvgIpc) is 2.23. The number of nitrogens with zero attached hydrogens (tertiary/aromatic N) is 1. The fourth-order valence-corrected chi connectivity index (χ4v) is 1.61. The summed E-state index contributed by atoms with van der Waals surface area (Å²) in [5, 5.41) is 3.26. The quantitative estimate of drug-likeness (QED) is 0.618. The standard InChI is InChI=1S/C10H14BrClN2O/c11-10-5-9(7-14-8-10)6-13-2-4-15-3-1-12/h5,7-8,13H,1-4,6H2. The molecule has 84 valence electrons. The van der Waals surface area contributed by atoms with Crippen LogP contribution in [0.15, 0.2) is 22.9 Å². The molecule has 3 nitrogen and oxygen atoms in total. The molecule has 0 unspecified atom stereocenters. The molecule has 0 fully saturated rings. The van der Waals surface area contributed by atoms with E-state index in [-0.39, 0.29) is 0 Å². The maximum atomic E-state index is 5.47. The van der Waals surface area contributed by atoms with Crippen LogP contribution >= 0.6 is 27.5 Å². The lowest BCUT2D eigenvalue weighted by molar-refractivity contribution is 0.151. The van der Waals surface area contributed by atoms with Crippen LogP contribution in [0, 0.1) is 0 Å². The molecule has 15 heavy (non-hydrogen) atoms. The van der Waals surface area contributed by atoms with E-state index in [1.165, 1.54) is 0 Å². The average molecular weight is 294 g/mol. The monoisotopic (exact) mass is 292 g/mol. The Kier molecular flexibility index (Phi) is 6.92. The Hall–Kier alpha value is -0.160. The van der Waals surface area contributed by atoms with Gasteiger partial charge < -0.3 is 10.1 Å². The van der Waals surface area contributed by atoms with Gasteiger partial charge in [-0.3, -0.25) is 4.98 Å². The van der Waals surface area contributed by atoms with Crippen LogP contribution in [-0.2, 0) is 11.3 Å². The number of hydrogen-bond donors (Lipinski definition) is 1. The van der Waals surface area contributed by atoms with Crippen LogP contribution in [0.25, 0.3) is 0 Å². The number of alkyl halides is 1. The van der Waals surface area contributed by atoms with Crippen molar-refractivity contribution in [2.24, 2.45) is 0 Å². The second-order valence-corrected chi connectivity index (χ2v) is 4.28. The van der Waals surface area contributed by atoms with Crippen LogP contribution in [0.3, 0.4) is 0 Å². The summed E-state index contributed by atoms with van der Waals surface area (Å²) >= 11 is 8.84. The van der Waals surface area contributed by atoms with E-state index in [4.69, 9.17) is 16.3 Å². The van der Waals surface area contributed by atoms with Gasteiger partial charge in [0.1, 0.15) is 0 Å². The minimum absolute atomic E-state index is 0.551. The number of ether oxygens (including phenoxy) is 1. The Bertz CT molecular complexity index is 286. The van der Waals surface area contributed by atoms with Gasteiger partial charge in [-0.25, -0.2) is 0 Å². The summed E-state index contributed by atoms with van der Waals surface area (Å²) in [4.78, 5) is 4.08. The minimum atomic E-state index is 0.551. The molecule has 0 aliphatic carbocycles. The van der Waals surface area contributed by atoms with E-state index in [0.717, 1.165) is 23.1 Å². The van der Waals surface area contributed by atoms with Crippen molar-refractivity contribution in [3.63, 3.8) is 0 Å². The molecule has 1 heterocycles. The molecule has 0 bridgehead atoms.